The fraction of sp³-hybridized carbons (Fsp3) is 0.533. The van der Waals surface area contributed by atoms with E-state index in [0.29, 0.717) is 6.54 Å². The maximum atomic E-state index is 12.9. The van der Waals surface area contributed by atoms with Crippen molar-refractivity contribution in [1.82, 2.24) is 9.62 Å². The van der Waals surface area contributed by atoms with E-state index in [1.807, 2.05) is 0 Å². The number of benzene rings is 1. The average Bonchev–Trinajstić information content (AvgIpc) is 2.46. The maximum absolute atomic E-state index is 12.9. The molecule has 2 rings (SSSR count). The van der Waals surface area contributed by atoms with E-state index in [4.69, 9.17) is 4.74 Å². The van der Waals surface area contributed by atoms with Crippen LogP contribution in [0, 0.1) is 0 Å². The van der Waals surface area contributed by atoms with Gasteiger partial charge in [0.2, 0.25) is 10.0 Å². The molecule has 0 aliphatic carbocycles. The monoisotopic (exact) mass is 404 g/mol. The fourth-order valence-corrected chi connectivity index (χ4v) is 4.13. The first-order valence-electron chi connectivity index (χ1n) is 7.32. The topological polar surface area (TPSA) is 75.7 Å². The van der Waals surface area contributed by atoms with Crippen LogP contribution in [-0.2, 0) is 19.6 Å². The third kappa shape index (κ3) is 4.53. The minimum absolute atomic E-state index is 0.163. The molecule has 0 spiro atoms. The Balaban J connectivity index is 2.30. The number of piperazine rings is 1. The summed E-state index contributed by atoms with van der Waals surface area (Å²) in [5, 5.41) is 3.05. The molecular formula is C15H21BrN2O4S. The molecular weight excluding hydrogens is 384 g/mol. The Bertz CT molecular complexity index is 668. The number of esters is 1. The Hall–Kier alpha value is -0.960. The summed E-state index contributed by atoms with van der Waals surface area (Å²) in [4.78, 5) is 12.5. The summed E-state index contributed by atoms with van der Waals surface area (Å²) in [6.07, 6.45) is 0. The van der Waals surface area contributed by atoms with Gasteiger partial charge in [-0.15, -0.1) is 0 Å². The second kappa shape index (κ2) is 6.88. The van der Waals surface area contributed by atoms with Crippen molar-refractivity contribution in [2.45, 2.75) is 37.3 Å². The van der Waals surface area contributed by atoms with Gasteiger partial charge in [-0.1, -0.05) is 15.9 Å². The Morgan fingerprint density at radius 2 is 1.91 bits per heavy atom. The molecule has 8 heteroatoms. The zero-order valence-electron chi connectivity index (χ0n) is 13.4. The molecule has 1 unspecified atom stereocenters. The van der Waals surface area contributed by atoms with Gasteiger partial charge in [0.05, 0.1) is 4.90 Å². The number of sulfonamides is 1. The smallest absolute Gasteiger partial charge is 0.326 e. The second-order valence-corrected chi connectivity index (χ2v) is 9.13. The van der Waals surface area contributed by atoms with Crippen LogP contribution in [0.3, 0.4) is 0 Å². The average molecular weight is 405 g/mol. The third-order valence-electron chi connectivity index (χ3n) is 3.29. The van der Waals surface area contributed by atoms with Crippen LogP contribution in [0.1, 0.15) is 20.8 Å². The van der Waals surface area contributed by atoms with Gasteiger partial charge in [-0.3, -0.25) is 4.79 Å². The minimum atomic E-state index is -3.76. The Morgan fingerprint density at radius 3 is 2.48 bits per heavy atom. The lowest BCUT2D eigenvalue weighted by Gasteiger charge is -2.35. The highest BCUT2D eigenvalue weighted by Gasteiger charge is 2.39. The zero-order chi connectivity index (χ0) is 17.3. The maximum Gasteiger partial charge on any atom is 0.326 e. The van der Waals surface area contributed by atoms with Crippen LogP contribution in [0.25, 0.3) is 0 Å². The second-order valence-electron chi connectivity index (χ2n) is 6.32. The van der Waals surface area contributed by atoms with Crippen LogP contribution in [0.4, 0.5) is 0 Å². The van der Waals surface area contributed by atoms with E-state index in [2.05, 4.69) is 21.2 Å². The quantitative estimate of drug-likeness (QED) is 0.776. The number of hydrogen-bond donors (Lipinski definition) is 1. The summed E-state index contributed by atoms with van der Waals surface area (Å²) in [5.74, 6) is -0.537. The molecule has 0 radical (unpaired) electrons. The van der Waals surface area contributed by atoms with Gasteiger partial charge in [-0.05, 0) is 45.0 Å². The lowest BCUT2D eigenvalue weighted by molar-refractivity contribution is -0.160. The van der Waals surface area contributed by atoms with Crippen LogP contribution < -0.4 is 5.32 Å². The molecule has 0 amide bonds. The van der Waals surface area contributed by atoms with E-state index in [1.54, 1.807) is 32.9 Å². The summed E-state index contributed by atoms with van der Waals surface area (Å²) < 4.78 is 33.1. The number of rotatable bonds is 3. The van der Waals surface area contributed by atoms with Gasteiger partial charge in [-0.2, -0.15) is 4.31 Å². The number of halogens is 1. The molecule has 1 atom stereocenters. The number of ether oxygens (including phenoxy) is 1. The predicted octanol–water partition coefficient (Wildman–Crippen LogP) is 1.75. The molecule has 128 valence electrons. The summed E-state index contributed by atoms with van der Waals surface area (Å²) in [6, 6.07) is 5.51. The molecule has 1 fully saturated rings. The summed E-state index contributed by atoms with van der Waals surface area (Å²) in [5.41, 5.74) is -0.665. The molecule has 23 heavy (non-hydrogen) atoms. The van der Waals surface area contributed by atoms with Gasteiger partial charge in [0.1, 0.15) is 11.6 Å². The first-order valence-corrected chi connectivity index (χ1v) is 9.55. The van der Waals surface area contributed by atoms with Gasteiger partial charge in [0.25, 0.3) is 0 Å². The van der Waals surface area contributed by atoms with Crippen LogP contribution in [0.2, 0.25) is 0 Å². The van der Waals surface area contributed by atoms with Crippen molar-refractivity contribution in [1.29, 1.82) is 0 Å². The molecule has 1 N–H and O–H groups in total. The van der Waals surface area contributed by atoms with Crippen LogP contribution in [-0.4, -0.2) is 50.0 Å². The lowest BCUT2D eigenvalue weighted by atomic mass is 10.2. The SMILES string of the molecule is CC(C)(C)OC(=O)C1CNCCN1S(=O)(=O)c1ccc(Br)cc1. The number of carbonyl (C=O) groups excluding carboxylic acids is 1. The van der Waals surface area contributed by atoms with E-state index < -0.39 is 27.6 Å². The zero-order valence-corrected chi connectivity index (χ0v) is 15.8. The van der Waals surface area contributed by atoms with E-state index >= 15 is 0 Å². The van der Waals surface area contributed by atoms with Gasteiger partial charge >= 0.3 is 5.97 Å². The third-order valence-corrected chi connectivity index (χ3v) is 5.74. The first kappa shape index (κ1) is 18.4. The molecule has 0 aromatic heterocycles. The van der Waals surface area contributed by atoms with Crippen molar-refractivity contribution in [3.8, 4) is 0 Å². The molecule has 1 aliphatic heterocycles. The van der Waals surface area contributed by atoms with Crippen LogP contribution in [0.5, 0.6) is 0 Å². The fourth-order valence-electron chi connectivity index (χ4n) is 2.29. The standard InChI is InChI=1S/C15H21BrN2O4S/c1-15(2,3)22-14(19)13-10-17-8-9-18(13)23(20,21)12-6-4-11(16)5-7-12/h4-7,13,17H,8-10H2,1-3H3. The predicted molar refractivity (Wildman–Crippen MR) is 90.5 cm³/mol. The van der Waals surface area contributed by atoms with E-state index in [1.165, 1.54) is 16.4 Å². The Labute approximate surface area is 145 Å². The molecule has 0 saturated carbocycles. The number of nitrogens with one attached hydrogen (secondary N) is 1. The molecule has 6 nitrogen and oxygen atoms in total. The van der Waals surface area contributed by atoms with Gasteiger partial charge < -0.3 is 10.1 Å². The van der Waals surface area contributed by atoms with E-state index in [-0.39, 0.29) is 18.0 Å². The molecule has 1 heterocycles. The highest BCUT2D eigenvalue weighted by molar-refractivity contribution is 9.10. The number of nitrogens with zero attached hydrogens (tertiary/aromatic N) is 1. The Morgan fingerprint density at radius 1 is 1.30 bits per heavy atom. The first-order chi connectivity index (χ1) is 10.6. The van der Waals surface area contributed by atoms with Crippen molar-refractivity contribution in [2.75, 3.05) is 19.6 Å². The van der Waals surface area contributed by atoms with Gasteiger partial charge in [-0.25, -0.2) is 8.42 Å². The van der Waals surface area contributed by atoms with Gasteiger partial charge in [0, 0.05) is 24.1 Å². The highest BCUT2D eigenvalue weighted by atomic mass is 79.9. The summed E-state index contributed by atoms with van der Waals surface area (Å²) in [6.45, 7) is 6.24. The molecule has 1 aromatic carbocycles. The Kier molecular flexibility index (Phi) is 5.50. The van der Waals surface area contributed by atoms with Crippen LogP contribution >= 0.6 is 15.9 Å². The summed E-state index contributed by atoms with van der Waals surface area (Å²) in [7, 11) is -3.76. The largest absolute Gasteiger partial charge is 0.459 e. The van der Waals surface area contributed by atoms with Crippen molar-refractivity contribution < 1.29 is 17.9 Å². The van der Waals surface area contributed by atoms with Gasteiger partial charge in [0.15, 0.2) is 0 Å². The number of hydrogen-bond acceptors (Lipinski definition) is 5. The molecule has 0 bridgehead atoms. The molecule has 1 saturated heterocycles. The van der Waals surface area contributed by atoms with Crippen molar-refractivity contribution in [3.05, 3.63) is 28.7 Å². The van der Waals surface area contributed by atoms with Crippen molar-refractivity contribution in [2.24, 2.45) is 0 Å². The minimum Gasteiger partial charge on any atom is -0.459 e. The van der Waals surface area contributed by atoms with E-state index in [9.17, 15) is 13.2 Å². The highest BCUT2D eigenvalue weighted by Crippen LogP contribution is 2.23. The summed E-state index contributed by atoms with van der Waals surface area (Å²) >= 11 is 3.28. The number of carbonyl (C=O) groups is 1. The van der Waals surface area contributed by atoms with E-state index in [0.717, 1.165) is 4.47 Å². The van der Waals surface area contributed by atoms with Crippen LogP contribution in [0.15, 0.2) is 33.6 Å². The van der Waals surface area contributed by atoms with Crippen molar-refractivity contribution in [3.63, 3.8) is 0 Å². The van der Waals surface area contributed by atoms with Crippen molar-refractivity contribution >= 4 is 31.9 Å². The molecule has 1 aromatic rings. The normalized spacial score (nSPS) is 20.3. The molecule has 1 aliphatic rings. The lowest BCUT2D eigenvalue weighted by Crippen LogP contribution is -2.57.